The predicted molar refractivity (Wildman–Crippen MR) is 73.8 cm³/mol. The van der Waals surface area contributed by atoms with Gasteiger partial charge in [-0.1, -0.05) is 13.3 Å². The zero-order valence-electron chi connectivity index (χ0n) is 11.3. The largest absolute Gasteiger partial charge is 0.481 e. The number of likely N-dealkylation sites (tertiary alicyclic amines) is 1. The average Bonchev–Trinajstić information content (AvgIpc) is 2.36. The van der Waals surface area contributed by atoms with Crippen LogP contribution in [0.15, 0.2) is 0 Å². The first-order chi connectivity index (χ1) is 8.55. The average molecular weight is 273 g/mol. The molecule has 1 atom stereocenters. The monoisotopic (exact) mass is 273 g/mol. The zero-order valence-corrected chi connectivity index (χ0v) is 12.1. The maximum atomic E-state index is 12.0. The fraction of sp³-hybridized carbons (Fsp3) is 0.846. The van der Waals surface area contributed by atoms with E-state index in [9.17, 15) is 14.7 Å². The number of carbonyl (C=O) groups excluding carboxylic acids is 1. The summed E-state index contributed by atoms with van der Waals surface area (Å²) in [6.45, 7) is 3.11. The van der Waals surface area contributed by atoms with E-state index in [-0.39, 0.29) is 5.91 Å². The second-order valence-electron chi connectivity index (χ2n) is 5.00. The first kappa shape index (κ1) is 15.3. The molecule has 0 saturated carbocycles. The third-order valence-electron chi connectivity index (χ3n) is 3.63. The van der Waals surface area contributed by atoms with Crippen molar-refractivity contribution in [1.29, 1.82) is 0 Å². The first-order valence-corrected chi connectivity index (χ1v) is 7.95. The second kappa shape index (κ2) is 7.02. The van der Waals surface area contributed by atoms with Gasteiger partial charge in [0, 0.05) is 25.3 Å². The molecular weight excluding hydrogens is 250 g/mol. The Labute approximate surface area is 113 Å². The first-order valence-electron chi connectivity index (χ1n) is 6.56. The molecule has 0 bridgehead atoms. The maximum absolute atomic E-state index is 12.0. The summed E-state index contributed by atoms with van der Waals surface area (Å²) in [5.74, 6) is 0.168. The second-order valence-corrected chi connectivity index (χ2v) is 5.98. The third kappa shape index (κ3) is 3.64. The summed E-state index contributed by atoms with van der Waals surface area (Å²) in [5, 5.41) is 9.45. The molecule has 1 unspecified atom stereocenters. The number of hydrogen-bond acceptors (Lipinski definition) is 3. The van der Waals surface area contributed by atoms with Crippen molar-refractivity contribution < 1.29 is 14.7 Å². The van der Waals surface area contributed by atoms with Crippen molar-refractivity contribution in [3.63, 3.8) is 0 Å². The van der Waals surface area contributed by atoms with Gasteiger partial charge in [-0.05, 0) is 25.5 Å². The van der Waals surface area contributed by atoms with Gasteiger partial charge in [-0.3, -0.25) is 9.59 Å². The molecule has 0 aromatic rings. The van der Waals surface area contributed by atoms with Crippen LogP contribution in [-0.2, 0) is 9.59 Å². The number of rotatable bonds is 6. The van der Waals surface area contributed by atoms with Crippen molar-refractivity contribution in [2.24, 2.45) is 5.41 Å². The predicted octanol–water partition coefficient (Wildman–Crippen LogP) is 2.23. The lowest BCUT2D eigenvalue weighted by Crippen LogP contribution is -2.50. The fourth-order valence-corrected chi connectivity index (χ4v) is 3.03. The van der Waals surface area contributed by atoms with E-state index < -0.39 is 11.4 Å². The Morgan fingerprint density at radius 1 is 1.44 bits per heavy atom. The van der Waals surface area contributed by atoms with Crippen molar-refractivity contribution in [3.05, 3.63) is 0 Å². The van der Waals surface area contributed by atoms with Crippen molar-refractivity contribution in [3.8, 4) is 0 Å². The number of nitrogens with zero attached hydrogens (tertiary/aromatic N) is 1. The molecule has 1 saturated heterocycles. The van der Waals surface area contributed by atoms with Crippen LogP contribution in [0.2, 0.25) is 0 Å². The van der Waals surface area contributed by atoms with Gasteiger partial charge in [0.05, 0.1) is 5.41 Å². The highest BCUT2D eigenvalue weighted by Crippen LogP contribution is 2.35. The lowest BCUT2D eigenvalue weighted by atomic mass is 9.76. The summed E-state index contributed by atoms with van der Waals surface area (Å²) in [6.07, 6.45) is 5.50. The summed E-state index contributed by atoms with van der Waals surface area (Å²) in [5.41, 5.74) is -0.706. The van der Waals surface area contributed by atoms with Crippen LogP contribution in [0, 0.1) is 5.41 Å². The normalized spacial score (nSPS) is 24.0. The van der Waals surface area contributed by atoms with Crippen LogP contribution in [0.4, 0.5) is 0 Å². The van der Waals surface area contributed by atoms with E-state index in [0.717, 1.165) is 18.6 Å². The fourth-order valence-electron chi connectivity index (χ4n) is 2.66. The van der Waals surface area contributed by atoms with Crippen LogP contribution in [0.25, 0.3) is 0 Å². The number of aliphatic carboxylic acids is 1. The van der Waals surface area contributed by atoms with Crippen LogP contribution in [-0.4, -0.2) is 47.0 Å². The van der Waals surface area contributed by atoms with Crippen LogP contribution in [0.1, 0.15) is 39.0 Å². The lowest BCUT2D eigenvalue weighted by Gasteiger charge is -2.40. The number of carbonyl (C=O) groups is 2. The Hall–Kier alpha value is -0.710. The molecule has 1 amide bonds. The van der Waals surface area contributed by atoms with Gasteiger partial charge in [-0.25, -0.2) is 0 Å². The molecule has 1 heterocycles. The van der Waals surface area contributed by atoms with E-state index in [1.165, 1.54) is 0 Å². The van der Waals surface area contributed by atoms with Gasteiger partial charge in [-0.2, -0.15) is 11.8 Å². The molecule has 1 aliphatic heterocycles. The molecular formula is C13H23NO3S. The Morgan fingerprint density at radius 3 is 2.72 bits per heavy atom. The van der Waals surface area contributed by atoms with Crippen molar-refractivity contribution in [2.45, 2.75) is 39.0 Å². The van der Waals surface area contributed by atoms with Gasteiger partial charge in [0.1, 0.15) is 0 Å². The molecule has 0 aromatic carbocycles. The van der Waals surface area contributed by atoms with Gasteiger partial charge in [-0.15, -0.1) is 0 Å². The summed E-state index contributed by atoms with van der Waals surface area (Å²) < 4.78 is 0. The molecule has 18 heavy (non-hydrogen) atoms. The van der Waals surface area contributed by atoms with Gasteiger partial charge >= 0.3 is 5.97 Å². The molecule has 0 radical (unpaired) electrons. The molecule has 1 fully saturated rings. The van der Waals surface area contributed by atoms with Crippen molar-refractivity contribution in [1.82, 2.24) is 4.90 Å². The minimum absolute atomic E-state index is 0.103. The third-order valence-corrected chi connectivity index (χ3v) is 4.24. The number of carboxylic acids is 1. The van der Waals surface area contributed by atoms with Gasteiger partial charge in [0.2, 0.25) is 5.91 Å². The van der Waals surface area contributed by atoms with E-state index >= 15 is 0 Å². The van der Waals surface area contributed by atoms with Crippen molar-refractivity contribution >= 4 is 23.6 Å². The summed E-state index contributed by atoms with van der Waals surface area (Å²) in [4.78, 5) is 25.3. The van der Waals surface area contributed by atoms with Crippen LogP contribution in [0.5, 0.6) is 0 Å². The highest BCUT2D eigenvalue weighted by Gasteiger charge is 2.42. The molecule has 0 spiro atoms. The molecule has 1 N–H and O–H groups in total. The molecule has 1 rings (SSSR count). The Kier molecular flexibility index (Phi) is 5.99. The van der Waals surface area contributed by atoms with Crippen LogP contribution < -0.4 is 0 Å². The minimum atomic E-state index is -0.744. The smallest absolute Gasteiger partial charge is 0.311 e. The molecule has 4 nitrogen and oxygen atoms in total. The molecule has 104 valence electrons. The van der Waals surface area contributed by atoms with Gasteiger partial charge in [0.25, 0.3) is 0 Å². The maximum Gasteiger partial charge on any atom is 0.311 e. The molecule has 1 aliphatic rings. The standard InChI is InChI=1S/C13H23NO3S/c1-3-6-13(12(16)17)7-4-8-14(10-13)11(15)5-9-18-2/h3-10H2,1-2H3,(H,16,17). The highest BCUT2D eigenvalue weighted by molar-refractivity contribution is 7.98. The highest BCUT2D eigenvalue weighted by atomic mass is 32.2. The Balaban J connectivity index is 2.68. The number of thioether (sulfide) groups is 1. The van der Waals surface area contributed by atoms with E-state index in [2.05, 4.69) is 0 Å². The summed E-state index contributed by atoms with van der Waals surface area (Å²) in [6, 6.07) is 0. The Bertz CT molecular complexity index is 305. The van der Waals surface area contributed by atoms with Gasteiger partial charge < -0.3 is 10.0 Å². The SMILES string of the molecule is CCCC1(C(=O)O)CCCN(C(=O)CCSC)C1. The number of amides is 1. The van der Waals surface area contributed by atoms with Crippen LogP contribution in [0.3, 0.4) is 0 Å². The van der Waals surface area contributed by atoms with Crippen LogP contribution >= 0.6 is 11.8 Å². The Morgan fingerprint density at radius 2 is 2.17 bits per heavy atom. The topological polar surface area (TPSA) is 57.6 Å². The number of piperidine rings is 1. The summed E-state index contributed by atoms with van der Waals surface area (Å²) >= 11 is 1.65. The lowest BCUT2D eigenvalue weighted by molar-refractivity contribution is -0.155. The summed E-state index contributed by atoms with van der Waals surface area (Å²) in [7, 11) is 0. The molecule has 0 aliphatic carbocycles. The quantitative estimate of drug-likeness (QED) is 0.806. The van der Waals surface area contributed by atoms with E-state index in [0.29, 0.717) is 32.4 Å². The molecule has 0 aromatic heterocycles. The van der Waals surface area contributed by atoms with E-state index in [4.69, 9.17) is 0 Å². The van der Waals surface area contributed by atoms with Crippen molar-refractivity contribution in [2.75, 3.05) is 25.1 Å². The minimum Gasteiger partial charge on any atom is -0.481 e. The molecule has 5 heteroatoms. The van der Waals surface area contributed by atoms with E-state index in [1.807, 2.05) is 13.2 Å². The number of hydrogen-bond donors (Lipinski definition) is 1. The van der Waals surface area contributed by atoms with E-state index in [1.54, 1.807) is 16.7 Å². The number of carboxylic acid groups (broad SMARTS) is 1. The zero-order chi connectivity index (χ0) is 13.6. The van der Waals surface area contributed by atoms with Gasteiger partial charge in [0.15, 0.2) is 0 Å².